The number of thiazole rings is 1. The third-order valence-electron chi connectivity index (χ3n) is 5.40. The second-order valence-corrected chi connectivity index (χ2v) is 9.63. The van der Waals surface area contributed by atoms with Crippen molar-refractivity contribution in [2.45, 2.75) is 32.1 Å². The highest BCUT2D eigenvalue weighted by Crippen LogP contribution is 2.34. The van der Waals surface area contributed by atoms with Crippen molar-refractivity contribution >= 4 is 28.1 Å². The first-order chi connectivity index (χ1) is 16.1. The molecule has 4 aromatic rings. The van der Waals surface area contributed by atoms with Crippen molar-refractivity contribution in [3.05, 3.63) is 64.6 Å². The molecule has 3 heterocycles. The van der Waals surface area contributed by atoms with E-state index in [1.807, 2.05) is 30.5 Å². The van der Waals surface area contributed by atoms with Crippen LogP contribution in [0, 0.1) is 5.92 Å². The van der Waals surface area contributed by atoms with Gasteiger partial charge in [-0.3, -0.25) is 4.98 Å². The van der Waals surface area contributed by atoms with Crippen LogP contribution in [0.3, 0.4) is 0 Å². The Kier molecular flexibility index (Phi) is 6.46. The van der Waals surface area contributed by atoms with Gasteiger partial charge in [-0.25, -0.2) is 19.9 Å². The summed E-state index contributed by atoms with van der Waals surface area (Å²) < 4.78 is 5.87. The lowest BCUT2D eigenvalue weighted by molar-refractivity contribution is 0.300. The zero-order chi connectivity index (χ0) is 22.6. The van der Waals surface area contributed by atoms with E-state index in [1.54, 1.807) is 18.6 Å². The molecular formula is C24H23ClN6OS. The molecule has 1 saturated carbocycles. The van der Waals surface area contributed by atoms with E-state index < -0.39 is 0 Å². The first-order valence-electron chi connectivity index (χ1n) is 10.9. The fourth-order valence-electron chi connectivity index (χ4n) is 3.47. The number of hydrogen-bond acceptors (Lipinski definition) is 8. The molecule has 0 unspecified atom stereocenters. The molecule has 0 spiro atoms. The van der Waals surface area contributed by atoms with Crippen LogP contribution >= 0.6 is 22.9 Å². The third-order valence-corrected chi connectivity index (χ3v) is 6.60. The number of rotatable bonds is 9. The number of nitrogens with zero attached hydrogens (tertiary/aromatic N) is 5. The minimum absolute atomic E-state index is 0.530. The van der Waals surface area contributed by atoms with Gasteiger partial charge >= 0.3 is 0 Å². The van der Waals surface area contributed by atoms with E-state index in [9.17, 15) is 0 Å². The molecule has 7 nitrogen and oxygen atoms in total. The highest BCUT2D eigenvalue weighted by atomic mass is 35.5. The fraction of sp³-hybridized carbons (Fsp3) is 0.292. The van der Waals surface area contributed by atoms with E-state index >= 15 is 0 Å². The molecule has 1 fully saturated rings. The topological polar surface area (TPSA) is 99.7 Å². The van der Waals surface area contributed by atoms with Crippen LogP contribution in [-0.2, 0) is 12.8 Å². The van der Waals surface area contributed by atoms with Crippen LogP contribution in [0.1, 0.15) is 29.8 Å². The van der Waals surface area contributed by atoms with Gasteiger partial charge in [0.05, 0.1) is 23.5 Å². The summed E-state index contributed by atoms with van der Waals surface area (Å²) in [7, 11) is 0. The smallest absolute Gasteiger partial charge is 0.180 e. The number of aromatic nitrogens is 5. The minimum atomic E-state index is 0.530. The summed E-state index contributed by atoms with van der Waals surface area (Å²) in [5, 5.41) is 1.19. The van der Waals surface area contributed by atoms with E-state index in [0.717, 1.165) is 48.6 Å². The van der Waals surface area contributed by atoms with E-state index in [4.69, 9.17) is 32.0 Å². The Labute approximate surface area is 201 Å². The Hall–Kier alpha value is -3.10. The Morgan fingerprint density at radius 1 is 1.03 bits per heavy atom. The van der Waals surface area contributed by atoms with E-state index in [1.165, 1.54) is 29.1 Å². The molecule has 9 heteroatoms. The molecule has 0 bridgehead atoms. The number of ether oxygens (including phenoxy) is 1. The SMILES string of the molecule is Nc1ncc(CCCc2cc(-c3ccc(OCC4CC4)cc3Cl)nc(-c3cnccn3)n2)s1. The Morgan fingerprint density at radius 2 is 1.94 bits per heavy atom. The van der Waals surface area contributed by atoms with E-state index in [0.29, 0.717) is 27.6 Å². The molecule has 0 aliphatic heterocycles. The molecule has 168 valence electrons. The van der Waals surface area contributed by atoms with Gasteiger partial charge in [0.1, 0.15) is 11.4 Å². The monoisotopic (exact) mass is 478 g/mol. The average molecular weight is 479 g/mol. The van der Waals surface area contributed by atoms with Gasteiger partial charge in [0.2, 0.25) is 0 Å². The van der Waals surface area contributed by atoms with Crippen LogP contribution in [0.2, 0.25) is 5.02 Å². The maximum Gasteiger partial charge on any atom is 0.180 e. The fourth-order valence-corrected chi connectivity index (χ4v) is 4.46. The second kappa shape index (κ2) is 9.80. The normalized spacial score (nSPS) is 13.2. The van der Waals surface area contributed by atoms with E-state index in [-0.39, 0.29) is 0 Å². The number of hydrogen-bond donors (Lipinski definition) is 1. The molecular weight excluding hydrogens is 456 g/mol. The Morgan fingerprint density at radius 3 is 2.67 bits per heavy atom. The lowest BCUT2D eigenvalue weighted by atomic mass is 10.1. The van der Waals surface area contributed by atoms with E-state index in [2.05, 4.69) is 15.0 Å². The second-order valence-electron chi connectivity index (χ2n) is 8.07. The Balaban J connectivity index is 1.41. The molecule has 0 atom stereocenters. The van der Waals surface area contributed by atoms with Crippen LogP contribution in [-0.4, -0.2) is 31.5 Å². The number of aryl methyl sites for hydroxylation is 2. The molecule has 2 N–H and O–H groups in total. The number of nitrogens with two attached hydrogens (primary N) is 1. The number of anilines is 1. The van der Waals surface area contributed by atoms with Gasteiger partial charge in [0.25, 0.3) is 0 Å². The van der Waals surface area contributed by atoms with Crippen LogP contribution in [0.4, 0.5) is 5.13 Å². The van der Waals surface area contributed by atoms with Crippen LogP contribution in [0.25, 0.3) is 22.8 Å². The molecule has 5 rings (SSSR count). The summed E-state index contributed by atoms with van der Waals surface area (Å²) in [6.07, 6.45) is 11.9. The molecule has 0 amide bonds. The summed E-state index contributed by atoms with van der Waals surface area (Å²) >= 11 is 8.17. The van der Waals surface area contributed by atoms with Crippen molar-refractivity contribution in [3.8, 4) is 28.5 Å². The van der Waals surface area contributed by atoms with Crippen LogP contribution in [0.5, 0.6) is 5.75 Å². The number of nitrogen functional groups attached to an aromatic ring is 1. The van der Waals surface area contributed by atoms with Crippen molar-refractivity contribution in [1.82, 2.24) is 24.9 Å². The molecule has 0 radical (unpaired) electrons. The summed E-state index contributed by atoms with van der Waals surface area (Å²) in [5.41, 5.74) is 8.87. The summed E-state index contributed by atoms with van der Waals surface area (Å²) in [6.45, 7) is 0.746. The van der Waals surface area contributed by atoms with Gasteiger partial charge in [0, 0.05) is 34.7 Å². The van der Waals surface area contributed by atoms with Gasteiger partial charge in [-0.05, 0) is 62.3 Å². The van der Waals surface area contributed by atoms with Crippen LogP contribution < -0.4 is 10.5 Å². The lowest BCUT2D eigenvalue weighted by Crippen LogP contribution is -2.01. The van der Waals surface area contributed by atoms with Crippen molar-refractivity contribution in [1.29, 1.82) is 0 Å². The van der Waals surface area contributed by atoms with Gasteiger partial charge in [-0.1, -0.05) is 11.6 Å². The summed E-state index contributed by atoms with van der Waals surface area (Å²) in [6, 6.07) is 7.75. The highest BCUT2D eigenvalue weighted by molar-refractivity contribution is 7.15. The first-order valence-corrected chi connectivity index (χ1v) is 12.1. The first kappa shape index (κ1) is 21.7. The molecule has 33 heavy (non-hydrogen) atoms. The van der Waals surface area contributed by atoms with Crippen molar-refractivity contribution in [3.63, 3.8) is 0 Å². The molecule has 1 aromatic carbocycles. The Bertz CT molecular complexity index is 1240. The highest BCUT2D eigenvalue weighted by Gasteiger charge is 2.22. The number of halogens is 1. The average Bonchev–Trinajstić information content (AvgIpc) is 3.58. The predicted molar refractivity (Wildman–Crippen MR) is 130 cm³/mol. The van der Waals surface area contributed by atoms with Crippen LogP contribution in [0.15, 0.2) is 49.1 Å². The minimum Gasteiger partial charge on any atom is -0.493 e. The maximum absolute atomic E-state index is 6.65. The summed E-state index contributed by atoms with van der Waals surface area (Å²) in [4.78, 5) is 23.3. The standard InChI is InChI=1S/C24H23ClN6OS/c25-20-11-17(32-14-15-4-5-15)6-7-19(20)21-10-16(2-1-3-18-12-29-24(26)33-18)30-23(31-21)22-13-27-8-9-28-22/h6-13,15H,1-5,14H2,(H2,26,29). The molecule has 3 aromatic heterocycles. The zero-order valence-electron chi connectivity index (χ0n) is 17.9. The maximum atomic E-state index is 6.65. The van der Waals surface area contributed by atoms with Gasteiger partial charge < -0.3 is 10.5 Å². The van der Waals surface area contributed by atoms with Gasteiger partial charge in [-0.15, -0.1) is 11.3 Å². The zero-order valence-corrected chi connectivity index (χ0v) is 19.5. The van der Waals surface area contributed by atoms with Crippen molar-refractivity contribution in [2.75, 3.05) is 12.3 Å². The summed E-state index contributed by atoms with van der Waals surface area (Å²) in [5.74, 6) is 1.99. The third kappa shape index (κ3) is 5.64. The predicted octanol–water partition coefficient (Wildman–Crippen LogP) is 5.26. The lowest BCUT2D eigenvalue weighted by Gasteiger charge is -2.11. The van der Waals surface area contributed by atoms with Crippen molar-refractivity contribution in [2.24, 2.45) is 5.92 Å². The number of benzene rings is 1. The molecule has 1 aliphatic carbocycles. The largest absolute Gasteiger partial charge is 0.493 e. The van der Waals surface area contributed by atoms with Crippen molar-refractivity contribution < 1.29 is 4.74 Å². The molecule has 1 aliphatic rings. The quantitative estimate of drug-likeness (QED) is 0.350. The van der Waals surface area contributed by atoms with Gasteiger partial charge in [0.15, 0.2) is 11.0 Å². The van der Waals surface area contributed by atoms with Gasteiger partial charge in [-0.2, -0.15) is 0 Å². The molecule has 0 saturated heterocycles.